The smallest absolute Gasteiger partial charge is 0.285 e. The lowest BCUT2D eigenvalue weighted by molar-refractivity contribution is -0.101. The lowest BCUT2D eigenvalue weighted by Crippen LogP contribution is -2.29. The van der Waals surface area contributed by atoms with Gasteiger partial charge in [-0.1, -0.05) is 41.7 Å². The van der Waals surface area contributed by atoms with Crippen LogP contribution in [0.15, 0.2) is 54.6 Å². The highest BCUT2D eigenvalue weighted by atomic mass is 32.1. The van der Waals surface area contributed by atoms with E-state index in [1.807, 2.05) is 30.3 Å². The van der Waals surface area contributed by atoms with E-state index in [-0.39, 0.29) is 6.61 Å². The molecule has 1 aromatic heterocycles. The van der Waals surface area contributed by atoms with Crippen LogP contribution in [0.2, 0.25) is 0 Å². The van der Waals surface area contributed by atoms with Gasteiger partial charge in [0.15, 0.2) is 0 Å². The average Bonchev–Trinajstić information content (AvgIpc) is 3.18. The molecule has 0 saturated carbocycles. The average molecular weight is 352 g/mol. The van der Waals surface area contributed by atoms with Gasteiger partial charge in [0.1, 0.15) is 11.6 Å². The fourth-order valence-electron chi connectivity index (χ4n) is 2.41. The lowest BCUT2D eigenvalue weighted by atomic mass is 10.1. The predicted octanol–water partition coefficient (Wildman–Crippen LogP) is 3.01. The van der Waals surface area contributed by atoms with Crippen LogP contribution in [0.25, 0.3) is 0 Å². The summed E-state index contributed by atoms with van der Waals surface area (Å²) in [5.41, 5.74) is 1.58. The number of hydrogen-bond donors (Lipinski definition) is 1. The molecule has 1 N–H and O–H groups in total. The molecule has 3 aromatic rings. The van der Waals surface area contributed by atoms with E-state index in [0.29, 0.717) is 21.3 Å². The molecular formula is C17H12N4O3S. The van der Waals surface area contributed by atoms with Crippen molar-refractivity contribution in [1.82, 2.24) is 15.3 Å². The number of nitrogens with one attached hydrogen (secondary N) is 1. The summed E-state index contributed by atoms with van der Waals surface area (Å²) in [6, 6.07) is 16.2. The van der Waals surface area contributed by atoms with Crippen LogP contribution in [0.1, 0.15) is 25.7 Å². The molecule has 0 saturated heterocycles. The van der Waals surface area contributed by atoms with Crippen LogP contribution in [0, 0.1) is 0 Å². The molecule has 2 aromatic carbocycles. The fourth-order valence-corrected chi connectivity index (χ4v) is 3.08. The van der Waals surface area contributed by atoms with Crippen molar-refractivity contribution in [2.75, 3.05) is 5.32 Å². The van der Waals surface area contributed by atoms with Crippen molar-refractivity contribution in [3.05, 3.63) is 70.7 Å². The number of benzene rings is 2. The van der Waals surface area contributed by atoms with E-state index in [9.17, 15) is 9.59 Å². The molecule has 0 fully saturated rings. The van der Waals surface area contributed by atoms with Crippen LogP contribution in [0.5, 0.6) is 0 Å². The largest absolute Gasteiger partial charge is 0.330 e. The molecule has 2 heterocycles. The van der Waals surface area contributed by atoms with Crippen molar-refractivity contribution < 1.29 is 14.4 Å². The minimum absolute atomic E-state index is 0.0143. The predicted molar refractivity (Wildman–Crippen MR) is 91.4 cm³/mol. The third-order valence-corrected chi connectivity index (χ3v) is 4.38. The number of hydrogen-bond acceptors (Lipinski definition) is 7. The minimum atomic E-state index is -0.465. The minimum Gasteiger partial charge on any atom is -0.330 e. The van der Waals surface area contributed by atoms with Crippen molar-refractivity contribution in [3.63, 3.8) is 0 Å². The molecule has 0 spiro atoms. The highest BCUT2D eigenvalue weighted by Gasteiger charge is 2.36. The Hall–Kier alpha value is -3.10. The lowest BCUT2D eigenvalue weighted by Gasteiger charge is -2.11. The van der Waals surface area contributed by atoms with Crippen LogP contribution >= 0.6 is 11.3 Å². The first-order chi connectivity index (χ1) is 12.2. The van der Waals surface area contributed by atoms with Gasteiger partial charge in [0.25, 0.3) is 11.8 Å². The molecule has 7 nitrogen and oxygen atoms in total. The van der Waals surface area contributed by atoms with Gasteiger partial charge >= 0.3 is 0 Å². The first-order valence-electron chi connectivity index (χ1n) is 7.47. The summed E-state index contributed by atoms with van der Waals surface area (Å²) in [6.07, 6.45) is 0. The number of fused-ring (bicyclic) bond motifs is 1. The second kappa shape index (κ2) is 6.42. The molecule has 0 radical (unpaired) electrons. The highest BCUT2D eigenvalue weighted by molar-refractivity contribution is 7.15. The van der Waals surface area contributed by atoms with E-state index < -0.39 is 11.8 Å². The quantitative estimate of drug-likeness (QED) is 0.711. The van der Waals surface area contributed by atoms with Gasteiger partial charge in [-0.25, -0.2) is 0 Å². The number of aromatic nitrogens is 2. The number of carbonyl (C=O) groups excluding carboxylic acids is 2. The highest BCUT2D eigenvalue weighted by Crippen LogP contribution is 2.25. The third kappa shape index (κ3) is 3.00. The molecule has 25 heavy (non-hydrogen) atoms. The summed E-state index contributed by atoms with van der Waals surface area (Å²) >= 11 is 1.29. The Labute approximate surface area is 146 Å². The summed E-state index contributed by atoms with van der Waals surface area (Å²) in [5.74, 6) is -0.930. The van der Waals surface area contributed by atoms with Crippen molar-refractivity contribution in [1.29, 1.82) is 0 Å². The van der Waals surface area contributed by atoms with Crippen LogP contribution in [-0.2, 0) is 11.4 Å². The molecule has 1 aliphatic rings. The van der Waals surface area contributed by atoms with Gasteiger partial charge in [0.2, 0.25) is 5.13 Å². The zero-order valence-electron chi connectivity index (χ0n) is 12.9. The van der Waals surface area contributed by atoms with E-state index in [2.05, 4.69) is 15.5 Å². The molecule has 0 bridgehead atoms. The number of anilines is 2. The SMILES string of the molecule is O=C1c2ccccc2C(=O)N1OCc1nnc(Nc2ccccc2)s1. The number of rotatable bonds is 5. The van der Waals surface area contributed by atoms with Crippen molar-refractivity contribution in [3.8, 4) is 0 Å². The number of imide groups is 1. The molecule has 4 rings (SSSR count). The Morgan fingerprint density at radius 2 is 1.56 bits per heavy atom. The molecule has 0 atom stereocenters. The maximum Gasteiger partial charge on any atom is 0.285 e. The van der Waals surface area contributed by atoms with E-state index >= 15 is 0 Å². The van der Waals surface area contributed by atoms with Crippen LogP contribution in [0.3, 0.4) is 0 Å². The van der Waals surface area contributed by atoms with Gasteiger partial charge in [0, 0.05) is 5.69 Å². The van der Waals surface area contributed by atoms with E-state index in [1.165, 1.54) is 11.3 Å². The maximum atomic E-state index is 12.2. The molecule has 1 aliphatic heterocycles. The van der Waals surface area contributed by atoms with Crippen molar-refractivity contribution >= 4 is 34.0 Å². The van der Waals surface area contributed by atoms with Crippen LogP contribution < -0.4 is 5.32 Å². The van der Waals surface area contributed by atoms with Gasteiger partial charge in [0.05, 0.1) is 11.1 Å². The molecule has 124 valence electrons. The Morgan fingerprint density at radius 1 is 0.920 bits per heavy atom. The summed E-state index contributed by atoms with van der Waals surface area (Å²) in [6.45, 7) is -0.0143. The standard InChI is InChI=1S/C17H12N4O3S/c22-15-12-8-4-5-9-13(12)16(23)21(15)24-10-14-19-20-17(25-14)18-11-6-2-1-3-7-11/h1-9H,10H2,(H,18,20). The van der Waals surface area contributed by atoms with E-state index in [1.54, 1.807) is 24.3 Å². The summed E-state index contributed by atoms with van der Waals surface area (Å²) in [7, 11) is 0. The molecule has 2 amide bonds. The first-order valence-corrected chi connectivity index (χ1v) is 8.29. The summed E-state index contributed by atoms with van der Waals surface area (Å²) in [4.78, 5) is 29.8. The first kappa shape index (κ1) is 15.4. The monoisotopic (exact) mass is 352 g/mol. The normalized spacial score (nSPS) is 13.2. The number of para-hydroxylation sites is 1. The molecule has 8 heteroatoms. The van der Waals surface area contributed by atoms with Crippen LogP contribution in [-0.4, -0.2) is 27.1 Å². The van der Waals surface area contributed by atoms with Gasteiger partial charge in [-0.3, -0.25) is 14.4 Å². The van der Waals surface area contributed by atoms with E-state index in [4.69, 9.17) is 4.84 Å². The Morgan fingerprint density at radius 3 is 2.24 bits per heavy atom. The zero-order valence-corrected chi connectivity index (χ0v) is 13.7. The fraction of sp³-hybridized carbons (Fsp3) is 0.0588. The van der Waals surface area contributed by atoms with Crippen LogP contribution in [0.4, 0.5) is 10.8 Å². The van der Waals surface area contributed by atoms with Gasteiger partial charge in [-0.05, 0) is 24.3 Å². The Bertz CT molecular complexity index is 907. The van der Waals surface area contributed by atoms with Gasteiger partial charge in [-0.15, -0.1) is 15.3 Å². The Balaban J connectivity index is 1.41. The summed E-state index contributed by atoms with van der Waals surface area (Å²) in [5, 5.41) is 13.1. The third-order valence-electron chi connectivity index (χ3n) is 3.57. The van der Waals surface area contributed by atoms with Gasteiger partial charge < -0.3 is 5.32 Å². The maximum absolute atomic E-state index is 12.2. The van der Waals surface area contributed by atoms with E-state index in [0.717, 1.165) is 10.8 Å². The molecule has 0 unspecified atom stereocenters. The number of amides is 2. The number of hydroxylamine groups is 2. The molecule has 0 aliphatic carbocycles. The zero-order chi connectivity index (χ0) is 17.2. The second-order valence-electron chi connectivity index (χ2n) is 5.22. The van der Waals surface area contributed by atoms with Crippen molar-refractivity contribution in [2.45, 2.75) is 6.61 Å². The number of carbonyl (C=O) groups is 2. The summed E-state index contributed by atoms with van der Waals surface area (Å²) < 4.78 is 0. The number of nitrogens with zero attached hydrogens (tertiary/aromatic N) is 3. The topological polar surface area (TPSA) is 84.4 Å². The molecular weight excluding hydrogens is 340 g/mol. The Kier molecular flexibility index (Phi) is 3.96. The second-order valence-corrected chi connectivity index (χ2v) is 6.28. The van der Waals surface area contributed by atoms with Gasteiger partial charge in [-0.2, -0.15) is 0 Å². The van der Waals surface area contributed by atoms with Crippen molar-refractivity contribution in [2.24, 2.45) is 0 Å².